The maximum Gasteiger partial charge on any atom is 0.306 e. The lowest BCUT2D eigenvalue weighted by Gasteiger charge is -2.26. The second kappa shape index (κ2) is 7.05. The molecule has 0 aliphatic heterocycles. The van der Waals surface area contributed by atoms with Crippen molar-refractivity contribution in [2.45, 2.75) is 30.6 Å². The van der Waals surface area contributed by atoms with Crippen molar-refractivity contribution in [3.05, 3.63) is 34.4 Å². The van der Waals surface area contributed by atoms with Gasteiger partial charge in [0.05, 0.1) is 10.8 Å². The van der Waals surface area contributed by atoms with Crippen LogP contribution in [-0.2, 0) is 14.8 Å². The van der Waals surface area contributed by atoms with Crippen LogP contribution in [0, 0.1) is 22.0 Å². The van der Waals surface area contributed by atoms with Gasteiger partial charge < -0.3 is 5.11 Å². The maximum atomic E-state index is 12.3. The number of hydrogen-bond donors (Lipinski definition) is 2. The van der Waals surface area contributed by atoms with Gasteiger partial charge >= 0.3 is 5.97 Å². The van der Waals surface area contributed by atoms with Gasteiger partial charge in [-0.15, -0.1) is 0 Å². The molecule has 0 atom stereocenters. The van der Waals surface area contributed by atoms with Crippen molar-refractivity contribution in [1.82, 2.24) is 4.72 Å². The van der Waals surface area contributed by atoms with Gasteiger partial charge in [-0.2, -0.15) is 0 Å². The maximum absolute atomic E-state index is 12.3. The molecule has 0 aromatic heterocycles. The summed E-state index contributed by atoms with van der Waals surface area (Å²) >= 11 is 0. The minimum absolute atomic E-state index is 0.0446. The van der Waals surface area contributed by atoms with Crippen LogP contribution in [0.15, 0.2) is 29.2 Å². The molecule has 2 N–H and O–H groups in total. The van der Waals surface area contributed by atoms with E-state index in [9.17, 15) is 23.3 Å². The summed E-state index contributed by atoms with van der Waals surface area (Å²) in [7, 11) is -3.97. The summed E-state index contributed by atoms with van der Waals surface area (Å²) in [6.45, 7) is 0.153. The molecule has 2 rings (SSSR count). The summed E-state index contributed by atoms with van der Waals surface area (Å²) < 4.78 is 26.9. The van der Waals surface area contributed by atoms with Gasteiger partial charge in [0.1, 0.15) is 0 Å². The molecule has 1 saturated carbocycles. The first kappa shape index (κ1) is 17.4. The van der Waals surface area contributed by atoms with Gasteiger partial charge in [0.2, 0.25) is 10.0 Å². The van der Waals surface area contributed by atoms with Gasteiger partial charge in [0.15, 0.2) is 4.90 Å². The molecule has 0 radical (unpaired) electrons. The molecular formula is C14H18N2O6S. The van der Waals surface area contributed by atoms with Crippen LogP contribution in [0.5, 0.6) is 0 Å². The second-order valence-electron chi connectivity index (χ2n) is 5.63. The number of carbonyl (C=O) groups is 1. The van der Waals surface area contributed by atoms with E-state index in [-0.39, 0.29) is 23.3 Å². The molecule has 1 aromatic rings. The van der Waals surface area contributed by atoms with Crippen LogP contribution in [0.3, 0.4) is 0 Å². The van der Waals surface area contributed by atoms with E-state index in [1.165, 1.54) is 18.2 Å². The first-order valence-electron chi connectivity index (χ1n) is 7.27. The number of hydrogen-bond acceptors (Lipinski definition) is 5. The summed E-state index contributed by atoms with van der Waals surface area (Å²) in [6.07, 6.45) is 2.28. The zero-order chi connectivity index (χ0) is 17.0. The van der Waals surface area contributed by atoms with E-state index in [4.69, 9.17) is 5.11 Å². The number of sulfonamides is 1. The van der Waals surface area contributed by atoms with E-state index in [0.29, 0.717) is 25.7 Å². The minimum atomic E-state index is -3.97. The fraction of sp³-hybridized carbons (Fsp3) is 0.500. The lowest BCUT2D eigenvalue weighted by Crippen LogP contribution is -2.32. The fourth-order valence-electron chi connectivity index (χ4n) is 2.75. The average Bonchev–Trinajstić information content (AvgIpc) is 2.53. The number of rotatable bonds is 6. The number of aliphatic carboxylic acids is 1. The third-order valence-corrected chi connectivity index (χ3v) is 5.58. The van der Waals surface area contributed by atoms with Crippen LogP contribution in [0.4, 0.5) is 5.69 Å². The van der Waals surface area contributed by atoms with E-state index in [1.54, 1.807) is 0 Å². The fourth-order valence-corrected chi connectivity index (χ4v) is 4.04. The Balaban J connectivity index is 2.01. The van der Waals surface area contributed by atoms with Crippen molar-refractivity contribution in [3.8, 4) is 0 Å². The summed E-state index contributed by atoms with van der Waals surface area (Å²) in [5, 5.41) is 19.9. The Kier molecular flexibility index (Phi) is 5.32. The number of nitro groups is 1. The molecule has 1 aliphatic carbocycles. The highest BCUT2D eigenvalue weighted by atomic mass is 32.2. The first-order chi connectivity index (χ1) is 10.8. The highest BCUT2D eigenvalue weighted by molar-refractivity contribution is 7.89. The number of nitrogens with zero attached hydrogens (tertiary/aromatic N) is 1. The predicted molar refractivity (Wildman–Crippen MR) is 81.4 cm³/mol. The Hall–Kier alpha value is -2.00. The first-order valence-corrected chi connectivity index (χ1v) is 8.75. The lowest BCUT2D eigenvalue weighted by molar-refractivity contribution is -0.387. The van der Waals surface area contributed by atoms with Gasteiger partial charge in [-0.1, -0.05) is 12.1 Å². The van der Waals surface area contributed by atoms with Gasteiger partial charge in [-0.05, 0) is 37.7 Å². The normalized spacial score (nSPS) is 21.7. The molecule has 9 heteroatoms. The van der Waals surface area contributed by atoms with Gasteiger partial charge in [0.25, 0.3) is 5.69 Å². The zero-order valence-electron chi connectivity index (χ0n) is 12.3. The predicted octanol–water partition coefficient (Wildman–Crippen LogP) is 1.76. The van der Waals surface area contributed by atoms with E-state index in [2.05, 4.69) is 4.72 Å². The highest BCUT2D eigenvalue weighted by Gasteiger charge is 2.29. The highest BCUT2D eigenvalue weighted by Crippen LogP contribution is 2.29. The van der Waals surface area contributed by atoms with Crippen molar-refractivity contribution < 1.29 is 23.2 Å². The molecule has 8 nitrogen and oxygen atoms in total. The summed E-state index contributed by atoms with van der Waals surface area (Å²) in [4.78, 5) is 20.7. The van der Waals surface area contributed by atoms with Crippen molar-refractivity contribution in [1.29, 1.82) is 0 Å². The molecule has 1 aliphatic rings. The number of para-hydroxylation sites is 1. The lowest BCUT2D eigenvalue weighted by atomic mass is 9.82. The largest absolute Gasteiger partial charge is 0.481 e. The van der Waals surface area contributed by atoms with E-state index in [1.807, 2.05) is 0 Å². The van der Waals surface area contributed by atoms with Crippen LogP contribution in [0.2, 0.25) is 0 Å². The van der Waals surface area contributed by atoms with Crippen LogP contribution >= 0.6 is 0 Å². The van der Waals surface area contributed by atoms with Gasteiger partial charge in [-0.25, -0.2) is 13.1 Å². The Morgan fingerprint density at radius 2 is 1.87 bits per heavy atom. The minimum Gasteiger partial charge on any atom is -0.481 e. The third kappa shape index (κ3) is 4.26. The molecule has 1 fully saturated rings. The van der Waals surface area contributed by atoms with Crippen molar-refractivity contribution in [2.75, 3.05) is 6.54 Å². The molecule has 0 unspecified atom stereocenters. The molecular weight excluding hydrogens is 324 g/mol. The Bertz CT molecular complexity index is 695. The number of carboxylic acids is 1. The summed E-state index contributed by atoms with van der Waals surface area (Å²) in [6, 6.07) is 5.18. The van der Waals surface area contributed by atoms with Crippen molar-refractivity contribution in [3.63, 3.8) is 0 Å². The molecule has 126 valence electrons. The number of carboxylic acid groups (broad SMARTS) is 1. The van der Waals surface area contributed by atoms with Gasteiger partial charge in [0, 0.05) is 12.6 Å². The number of nitro benzene ring substituents is 1. The van der Waals surface area contributed by atoms with E-state index < -0.39 is 26.6 Å². The Labute approximate surface area is 133 Å². The topological polar surface area (TPSA) is 127 Å². The molecule has 0 saturated heterocycles. The third-order valence-electron chi connectivity index (χ3n) is 4.11. The average molecular weight is 342 g/mol. The second-order valence-corrected chi connectivity index (χ2v) is 7.37. The standard InChI is InChI=1S/C14H18N2O6S/c17-14(18)11-7-5-10(6-8-11)9-15-23(21,22)13-4-2-1-3-12(13)16(19)20/h1-4,10-11,15H,5-9H2,(H,17,18)/t10-,11-. The van der Waals surface area contributed by atoms with Crippen molar-refractivity contribution in [2.24, 2.45) is 11.8 Å². The summed E-state index contributed by atoms with van der Waals surface area (Å²) in [5.74, 6) is -1.13. The van der Waals surface area contributed by atoms with Crippen LogP contribution in [0.1, 0.15) is 25.7 Å². The molecule has 23 heavy (non-hydrogen) atoms. The number of benzene rings is 1. The monoisotopic (exact) mass is 342 g/mol. The zero-order valence-corrected chi connectivity index (χ0v) is 13.2. The quantitative estimate of drug-likeness (QED) is 0.599. The van der Waals surface area contributed by atoms with Crippen molar-refractivity contribution >= 4 is 21.7 Å². The van der Waals surface area contributed by atoms with Crippen LogP contribution in [-0.4, -0.2) is 31.0 Å². The SMILES string of the molecule is O=C(O)[C@H]1CC[C@H](CNS(=O)(=O)c2ccccc2[N+](=O)[O-])CC1. The van der Waals surface area contributed by atoms with Crippen LogP contribution in [0.25, 0.3) is 0 Å². The molecule has 0 amide bonds. The van der Waals surface area contributed by atoms with E-state index in [0.717, 1.165) is 6.07 Å². The summed E-state index contributed by atoms with van der Waals surface area (Å²) in [5.41, 5.74) is -0.463. The van der Waals surface area contributed by atoms with Crippen LogP contribution < -0.4 is 4.72 Å². The van der Waals surface area contributed by atoms with E-state index >= 15 is 0 Å². The van der Waals surface area contributed by atoms with Gasteiger partial charge in [-0.3, -0.25) is 14.9 Å². The Morgan fingerprint density at radius 3 is 2.43 bits per heavy atom. The number of nitrogens with one attached hydrogen (secondary N) is 1. The Morgan fingerprint density at radius 1 is 1.26 bits per heavy atom. The molecule has 0 spiro atoms. The molecule has 1 aromatic carbocycles. The smallest absolute Gasteiger partial charge is 0.306 e. The molecule has 0 heterocycles. The molecule has 0 bridgehead atoms.